The van der Waals surface area contributed by atoms with Crippen molar-refractivity contribution >= 4 is 10.1 Å². The Bertz CT molecular complexity index is 601. The summed E-state index contributed by atoms with van der Waals surface area (Å²) in [6.45, 7) is 6.12. The molecule has 0 aliphatic carbocycles. The zero-order valence-corrected chi connectivity index (χ0v) is 21.2. The Morgan fingerprint density at radius 1 is 0.893 bits per heavy atom. The molecule has 0 saturated carbocycles. The van der Waals surface area contributed by atoms with Crippen LogP contribution in [0.15, 0.2) is 18.2 Å². The van der Waals surface area contributed by atoms with Gasteiger partial charge < -0.3 is 9.29 Å². The van der Waals surface area contributed by atoms with E-state index in [1.54, 1.807) is 0 Å². The zero-order chi connectivity index (χ0) is 20.1. The number of hydrogen-bond acceptors (Lipinski definition) is 4. The fraction of sp³-hybridized carbons (Fsp3) is 0.727. The molecule has 1 unspecified atom stereocenters. The van der Waals surface area contributed by atoms with Crippen molar-refractivity contribution in [3.63, 3.8) is 0 Å². The van der Waals surface area contributed by atoms with Crippen LogP contribution in [0.1, 0.15) is 89.7 Å². The maximum Gasteiger partial charge on any atom is 1.00 e. The Labute approximate surface area is 194 Å². The molecule has 1 rings (SSSR count). The molecule has 4 nitrogen and oxygen atoms in total. The van der Waals surface area contributed by atoms with Crippen molar-refractivity contribution in [1.82, 2.24) is 0 Å². The SMILES string of the molecule is CCCCCCc1cc(CCCCCC)cc(OCCC(C)S(=O)(=O)[O-])c1.[Na+]. The fourth-order valence-corrected chi connectivity index (χ4v) is 3.48. The summed E-state index contributed by atoms with van der Waals surface area (Å²) in [5, 5.41) is -0.914. The van der Waals surface area contributed by atoms with Crippen LogP contribution in [0.25, 0.3) is 0 Å². The third-order valence-electron chi connectivity index (χ3n) is 4.95. The predicted molar refractivity (Wildman–Crippen MR) is 111 cm³/mol. The van der Waals surface area contributed by atoms with Gasteiger partial charge in [-0.05, 0) is 62.3 Å². The monoisotopic (exact) mass is 420 g/mol. The number of benzene rings is 1. The van der Waals surface area contributed by atoms with Crippen LogP contribution in [0.3, 0.4) is 0 Å². The molecule has 1 aromatic carbocycles. The van der Waals surface area contributed by atoms with E-state index in [2.05, 4.69) is 32.0 Å². The Kier molecular flexibility index (Phi) is 15.7. The molecule has 1 atom stereocenters. The minimum Gasteiger partial charge on any atom is -0.748 e. The largest absolute Gasteiger partial charge is 1.00 e. The second-order valence-electron chi connectivity index (χ2n) is 7.55. The van der Waals surface area contributed by atoms with Crippen molar-refractivity contribution in [3.8, 4) is 5.75 Å². The Morgan fingerprint density at radius 3 is 1.82 bits per heavy atom. The van der Waals surface area contributed by atoms with Gasteiger partial charge in [0.15, 0.2) is 0 Å². The van der Waals surface area contributed by atoms with E-state index in [0.29, 0.717) is 0 Å². The van der Waals surface area contributed by atoms with E-state index < -0.39 is 15.4 Å². The minimum absolute atomic E-state index is 0. The van der Waals surface area contributed by atoms with E-state index >= 15 is 0 Å². The maximum atomic E-state index is 11.0. The van der Waals surface area contributed by atoms with Crippen LogP contribution in [0, 0.1) is 0 Å². The maximum absolute atomic E-state index is 11.0. The summed E-state index contributed by atoms with van der Waals surface area (Å²) in [5.74, 6) is 0.795. The quantitative estimate of drug-likeness (QED) is 0.249. The van der Waals surface area contributed by atoms with E-state index in [9.17, 15) is 13.0 Å². The molecule has 0 bridgehead atoms. The van der Waals surface area contributed by atoms with E-state index in [1.165, 1.54) is 69.4 Å². The number of unbranched alkanes of at least 4 members (excludes halogenated alkanes) is 6. The van der Waals surface area contributed by atoms with Gasteiger partial charge >= 0.3 is 29.6 Å². The molecular weight excluding hydrogens is 383 g/mol. The molecule has 28 heavy (non-hydrogen) atoms. The molecule has 0 aromatic heterocycles. The average molecular weight is 421 g/mol. The van der Waals surface area contributed by atoms with Crippen LogP contribution in [-0.2, 0) is 23.0 Å². The smallest absolute Gasteiger partial charge is 0.748 e. The van der Waals surface area contributed by atoms with Gasteiger partial charge in [-0.3, -0.25) is 0 Å². The van der Waals surface area contributed by atoms with Crippen LogP contribution in [0.5, 0.6) is 5.75 Å². The first kappa shape index (κ1) is 27.9. The summed E-state index contributed by atoms with van der Waals surface area (Å²) in [6, 6.07) is 6.42. The van der Waals surface area contributed by atoms with Crippen molar-refractivity contribution in [3.05, 3.63) is 29.3 Å². The first-order valence-electron chi connectivity index (χ1n) is 10.6. The summed E-state index contributed by atoms with van der Waals surface area (Å²) >= 11 is 0. The second-order valence-corrected chi connectivity index (χ2v) is 9.34. The number of hydrogen-bond donors (Lipinski definition) is 0. The van der Waals surface area contributed by atoms with Crippen molar-refractivity contribution in [2.75, 3.05) is 6.61 Å². The molecule has 1 aromatic rings. The molecule has 0 aliphatic rings. The van der Waals surface area contributed by atoms with Gasteiger partial charge in [-0.15, -0.1) is 0 Å². The molecule has 0 saturated heterocycles. The second kappa shape index (κ2) is 15.7. The Hall–Kier alpha value is -0.0700. The predicted octanol–water partition coefficient (Wildman–Crippen LogP) is 2.64. The minimum atomic E-state index is -4.24. The van der Waals surface area contributed by atoms with Gasteiger partial charge in [-0.25, -0.2) is 8.42 Å². The van der Waals surface area contributed by atoms with Crippen molar-refractivity contribution in [1.29, 1.82) is 0 Å². The third-order valence-corrected chi connectivity index (χ3v) is 6.17. The van der Waals surface area contributed by atoms with Crippen molar-refractivity contribution < 1.29 is 47.3 Å². The van der Waals surface area contributed by atoms with Crippen LogP contribution in [-0.4, -0.2) is 24.8 Å². The van der Waals surface area contributed by atoms with Crippen LogP contribution in [0.4, 0.5) is 0 Å². The molecule has 0 aliphatic heterocycles. The molecule has 0 heterocycles. The van der Waals surface area contributed by atoms with Crippen LogP contribution in [0.2, 0.25) is 0 Å². The average Bonchev–Trinajstić information content (AvgIpc) is 2.61. The normalized spacial score (nSPS) is 12.4. The van der Waals surface area contributed by atoms with Gasteiger partial charge in [0.1, 0.15) is 5.75 Å². The topological polar surface area (TPSA) is 66.4 Å². The third kappa shape index (κ3) is 12.5. The molecule has 0 fully saturated rings. The molecule has 0 radical (unpaired) electrons. The summed E-state index contributed by atoms with van der Waals surface area (Å²) in [7, 11) is -4.24. The molecule has 0 spiro atoms. The fourth-order valence-electron chi connectivity index (χ4n) is 3.10. The summed E-state index contributed by atoms with van der Waals surface area (Å²) < 4.78 is 38.8. The Balaban J connectivity index is 0.00000729. The van der Waals surface area contributed by atoms with Gasteiger partial charge in [-0.2, -0.15) is 0 Å². The summed E-state index contributed by atoms with van der Waals surface area (Å²) in [6.07, 6.45) is 12.1. The van der Waals surface area contributed by atoms with E-state index in [0.717, 1.165) is 18.6 Å². The van der Waals surface area contributed by atoms with E-state index in [1.807, 2.05) is 0 Å². The summed E-state index contributed by atoms with van der Waals surface area (Å²) in [4.78, 5) is 0. The first-order chi connectivity index (χ1) is 12.9. The van der Waals surface area contributed by atoms with Gasteiger partial charge in [0.05, 0.1) is 16.7 Å². The van der Waals surface area contributed by atoms with Gasteiger partial charge in [-0.1, -0.05) is 58.4 Å². The standard InChI is InChI=1S/C22H38O4S.Na/c1-4-6-8-10-12-20-16-21(13-11-9-7-5-2)18-22(17-20)26-15-14-19(3)27(23,24)25;/h16-19H,4-15H2,1-3H3,(H,23,24,25);/q;+1/p-1. The molecule has 6 heteroatoms. The molecular formula is C22H37NaO4S. The van der Waals surface area contributed by atoms with Gasteiger partial charge in [0, 0.05) is 5.25 Å². The van der Waals surface area contributed by atoms with Gasteiger partial charge in [0.25, 0.3) is 0 Å². The van der Waals surface area contributed by atoms with E-state index in [-0.39, 0.29) is 42.6 Å². The van der Waals surface area contributed by atoms with Gasteiger partial charge in [0.2, 0.25) is 0 Å². The Morgan fingerprint density at radius 2 is 1.39 bits per heavy atom. The van der Waals surface area contributed by atoms with E-state index in [4.69, 9.17) is 4.74 Å². The number of aryl methyl sites for hydroxylation is 2. The summed E-state index contributed by atoms with van der Waals surface area (Å²) in [5.41, 5.74) is 2.58. The van der Waals surface area contributed by atoms with Crippen molar-refractivity contribution in [2.45, 2.75) is 96.7 Å². The zero-order valence-electron chi connectivity index (χ0n) is 18.3. The van der Waals surface area contributed by atoms with Crippen molar-refractivity contribution in [2.24, 2.45) is 0 Å². The molecule has 156 valence electrons. The molecule has 0 N–H and O–H groups in total. The number of ether oxygens (including phenoxy) is 1. The first-order valence-corrected chi connectivity index (χ1v) is 12.0. The van der Waals surface area contributed by atoms with Crippen LogP contribution < -0.4 is 34.3 Å². The van der Waals surface area contributed by atoms with Crippen LogP contribution >= 0.6 is 0 Å². The number of rotatable bonds is 15. The molecule has 0 amide bonds.